The number of primary amides is 1. The van der Waals surface area contributed by atoms with Crippen LogP contribution >= 0.6 is 11.3 Å². The molecule has 0 aromatic carbocycles. The number of hydrogen-bond acceptors (Lipinski definition) is 9. The summed E-state index contributed by atoms with van der Waals surface area (Å²) < 4.78 is 6.36. The molecule has 154 valence electrons. The topological polar surface area (TPSA) is 133 Å². The second-order valence-corrected chi connectivity index (χ2v) is 8.62. The van der Waals surface area contributed by atoms with Gasteiger partial charge in [0.1, 0.15) is 17.3 Å². The summed E-state index contributed by atoms with van der Waals surface area (Å²) >= 11 is 1.75. The number of piperidine rings is 1. The van der Waals surface area contributed by atoms with Crippen LogP contribution in [0.15, 0.2) is 30.9 Å². The minimum absolute atomic E-state index is 0.177. The molecule has 1 spiro atoms. The Morgan fingerprint density at radius 3 is 2.73 bits per heavy atom. The average molecular weight is 424 g/mol. The molecule has 0 saturated carbocycles. The second-order valence-electron chi connectivity index (χ2n) is 7.48. The van der Waals surface area contributed by atoms with Crippen LogP contribution < -0.4 is 16.4 Å². The lowest BCUT2D eigenvalue weighted by Gasteiger charge is -2.44. The third kappa shape index (κ3) is 3.27. The lowest BCUT2D eigenvalue weighted by Crippen LogP contribution is -2.46. The highest BCUT2D eigenvalue weighted by Gasteiger charge is 2.42. The van der Waals surface area contributed by atoms with Crippen molar-refractivity contribution in [3.05, 3.63) is 47.0 Å². The van der Waals surface area contributed by atoms with E-state index in [-0.39, 0.29) is 11.3 Å². The molecule has 9 nitrogen and oxygen atoms in total. The molecule has 1 saturated heterocycles. The molecular formula is C20H21N7O2S. The number of carbonyl (C=O) groups is 1. The first-order valence-corrected chi connectivity index (χ1v) is 10.6. The summed E-state index contributed by atoms with van der Waals surface area (Å²) in [5.41, 5.74) is 13.0. The van der Waals surface area contributed by atoms with Gasteiger partial charge in [-0.3, -0.25) is 9.78 Å². The van der Waals surface area contributed by atoms with Gasteiger partial charge in [-0.05, 0) is 24.5 Å². The molecule has 3 aromatic rings. The third-order valence-corrected chi connectivity index (χ3v) is 6.92. The van der Waals surface area contributed by atoms with Gasteiger partial charge in [-0.1, -0.05) is 0 Å². The van der Waals surface area contributed by atoms with Crippen molar-refractivity contribution in [1.82, 2.24) is 19.9 Å². The van der Waals surface area contributed by atoms with Crippen LogP contribution in [0.2, 0.25) is 0 Å². The Balaban J connectivity index is 1.39. The monoisotopic (exact) mass is 423 g/mol. The quantitative estimate of drug-likeness (QED) is 0.651. The predicted octanol–water partition coefficient (Wildman–Crippen LogP) is 1.74. The zero-order valence-corrected chi connectivity index (χ0v) is 17.1. The van der Waals surface area contributed by atoms with Crippen LogP contribution in [0, 0.1) is 0 Å². The molecule has 5 rings (SSSR count). The van der Waals surface area contributed by atoms with Gasteiger partial charge >= 0.3 is 0 Å². The number of fused-ring (bicyclic) bond motifs is 2. The number of nitrogens with two attached hydrogens (primary N) is 2. The van der Waals surface area contributed by atoms with Gasteiger partial charge in [0.25, 0.3) is 5.91 Å². The number of anilines is 2. The van der Waals surface area contributed by atoms with Gasteiger partial charge < -0.3 is 21.1 Å². The molecule has 2 aliphatic heterocycles. The Labute approximate surface area is 177 Å². The van der Waals surface area contributed by atoms with E-state index < -0.39 is 5.91 Å². The van der Waals surface area contributed by atoms with Gasteiger partial charge in [-0.25, -0.2) is 15.0 Å². The first-order chi connectivity index (χ1) is 14.5. The number of hydrogen-bond donors (Lipinski definition) is 2. The molecule has 10 heteroatoms. The van der Waals surface area contributed by atoms with Crippen molar-refractivity contribution >= 4 is 28.9 Å². The molecule has 2 aliphatic rings. The highest BCUT2D eigenvalue weighted by molar-refractivity contribution is 7.15. The van der Waals surface area contributed by atoms with E-state index in [1.54, 1.807) is 29.9 Å². The normalized spacial score (nSPS) is 17.7. The van der Waals surface area contributed by atoms with Gasteiger partial charge in [-0.2, -0.15) is 0 Å². The van der Waals surface area contributed by atoms with Crippen LogP contribution in [0.3, 0.4) is 0 Å². The second kappa shape index (κ2) is 7.29. The molecule has 4 N–H and O–H groups in total. The summed E-state index contributed by atoms with van der Waals surface area (Å²) in [5.74, 6) is 0.505. The Morgan fingerprint density at radius 1 is 1.17 bits per heavy atom. The van der Waals surface area contributed by atoms with Crippen LogP contribution in [0.1, 0.15) is 33.8 Å². The smallest absolute Gasteiger partial charge is 0.268 e. The van der Waals surface area contributed by atoms with Crippen molar-refractivity contribution in [3.8, 4) is 10.6 Å². The fourth-order valence-corrected chi connectivity index (χ4v) is 5.34. The highest BCUT2D eigenvalue weighted by atomic mass is 32.1. The summed E-state index contributed by atoms with van der Waals surface area (Å²) in [7, 11) is 0. The Kier molecular flexibility index (Phi) is 4.59. The van der Waals surface area contributed by atoms with Crippen molar-refractivity contribution in [2.45, 2.75) is 24.9 Å². The van der Waals surface area contributed by atoms with E-state index in [4.69, 9.17) is 16.2 Å². The molecule has 0 atom stereocenters. The maximum absolute atomic E-state index is 11.4. The van der Waals surface area contributed by atoms with Crippen molar-refractivity contribution in [1.29, 1.82) is 0 Å². The molecular weight excluding hydrogens is 402 g/mol. The van der Waals surface area contributed by atoms with E-state index in [1.165, 1.54) is 16.6 Å². The first kappa shape index (κ1) is 18.9. The Morgan fingerprint density at radius 2 is 2.00 bits per heavy atom. The number of rotatable bonds is 3. The minimum atomic E-state index is -0.574. The number of carbonyl (C=O) groups excluding carboxylic acids is 1. The summed E-state index contributed by atoms with van der Waals surface area (Å²) in [4.78, 5) is 33.0. The zero-order valence-electron chi connectivity index (χ0n) is 16.2. The maximum Gasteiger partial charge on any atom is 0.268 e. The van der Waals surface area contributed by atoms with Crippen molar-refractivity contribution in [3.63, 3.8) is 0 Å². The molecule has 1 amide bonds. The highest BCUT2D eigenvalue weighted by Crippen LogP contribution is 2.46. The van der Waals surface area contributed by atoms with E-state index in [2.05, 4.69) is 30.9 Å². The predicted molar refractivity (Wildman–Crippen MR) is 113 cm³/mol. The van der Waals surface area contributed by atoms with E-state index in [9.17, 15) is 4.79 Å². The number of ether oxygens (including phenoxy) is 1. The summed E-state index contributed by atoms with van der Waals surface area (Å²) in [5, 5.41) is 0. The lowest BCUT2D eigenvalue weighted by atomic mass is 9.82. The Bertz CT molecular complexity index is 1090. The fraction of sp³-hybridized carbons (Fsp3) is 0.350. The zero-order chi connectivity index (χ0) is 20.7. The number of nitrogen functional groups attached to an aromatic ring is 1. The first-order valence-electron chi connectivity index (χ1n) is 9.76. The van der Waals surface area contributed by atoms with E-state index in [1.807, 2.05) is 0 Å². The summed E-state index contributed by atoms with van der Waals surface area (Å²) in [6.07, 6.45) is 8.91. The average Bonchev–Trinajstić information content (AvgIpc) is 3.21. The fourth-order valence-electron chi connectivity index (χ4n) is 4.15. The van der Waals surface area contributed by atoms with Crippen LogP contribution in [0.4, 0.5) is 11.6 Å². The van der Waals surface area contributed by atoms with Gasteiger partial charge in [0.2, 0.25) is 0 Å². The molecule has 0 unspecified atom stereocenters. The number of aromatic nitrogens is 4. The van der Waals surface area contributed by atoms with Crippen LogP contribution in [-0.2, 0) is 16.8 Å². The molecule has 0 bridgehead atoms. The van der Waals surface area contributed by atoms with E-state index >= 15 is 0 Å². The summed E-state index contributed by atoms with van der Waals surface area (Å²) in [6.45, 7) is 2.21. The van der Waals surface area contributed by atoms with E-state index in [0.29, 0.717) is 18.2 Å². The molecule has 30 heavy (non-hydrogen) atoms. The van der Waals surface area contributed by atoms with Crippen LogP contribution in [0.5, 0.6) is 0 Å². The maximum atomic E-state index is 11.4. The van der Waals surface area contributed by atoms with Gasteiger partial charge in [-0.15, -0.1) is 11.3 Å². The molecule has 5 heterocycles. The molecule has 3 aromatic heterocycles. The summed E-state index contributed by atoms with van der Waals surface area (Å²) in [6, 6.07) is 2.20. The standard InChI is InChI=1S/C20H21N7O2S/c21-17-10-24-13(9-25-17)16-7-12-15(30-16)1-6-29-20(12)2-4-27(5-3-20)18-11-23-8-14(26-18)19(22)28/h7-11H,1-6H2,(H2,21,25)(H2,22,28). The van der Waals surface area contributed by atoms with Crippen LogP contribution in [0.25, 0.3) is 10.6 Å². The molecule has 1 fully saturated rings. The van der Waals surface area contributed by atoms with Crippen molar-refractivity contribution in [2.75, 3.05) is 30.3 Å². The van der Waals surface area contributed by atoms with Crippen LogP contribution in [-0.4, -0.2) is 45.5 Å². The third-order valence-electron chi connectivity index (χ3n) is 5.70. The van der Waals surface area contributed by atoms with Crippen molar-refractivity contribution < 1.29 is 9.53 Å². The van der Waals surface area contributed by atoms with Gasteiger partial charge in [0.05, 0.1) is 47.6 Å². The molecule has 0 aliphatic carbocycles. The number of nitrogens with zero attached hydrogens (tertiary/aromatic N) is 5. The Hall–Kier alpha value is -3.11. The SMILES string of the molecule is NC(=O)c1cncc(N2CCC3(CC2)OCCc2sc(-c4cnc(N)cn4)cc23)n1. The van der Waals surface area contributed by atoms with Gasteiger partial charge in [0.15, 0.2) is 0 Å². The van der Waals surface area contributed by atoms with E-state index in [0.717, 1.165) is 42.9 Å². The number of amides is 1. The van der Waals surface area contributed by atoms with Gasteiger partial charge in [0, 0.05) is 24.4 Å². The minimum Gasteiger partial charge on any atom is -0.382 e. The largest absolute Gasteiger partial charge is 0.382 e. The lowest BCUT2D eigenvalue weighted by molar-refractivity contribution is -0.0757. The molecule has 0 radical (unpaired) electrons. The van der Waals surface area contributed by atoms with Crippen molar-refractivity contribution in [2.24, 2.45) is 5.73 Å². The number of thiophene rings is 1.